The van der Waals surface area contributed by atoms with E-state index in [-0.39, 0.29) is 5.41 Å². The van der Waals surface area contributed by atoms with Crippen LogP contribution in [0.3, 0.4) is 0 Å². The Hall–Kier alpha value is -7.00. The topological polar surface area (TPSA) is 3.24 Å². The number of thiophene rings is 1. The maximum Gasteiger partial charge on any atom is 0.0726 e. The van der Waals surface area contributed by atoms with Gasteiger partial charge in [-0.05, 0) is 114 Å². The standard InChI is InChI=1S/C58H39NS/c1-57(2)47-33-31-37(34-46(47)55-39(22-14-27-51(55)57)36-16-4-3-5-17-36)59(53-28-15-23-45-44-21-9-13-29-54(44)60-56(45)53)38-30-32-43-42-20-8-12-26-50(42)58(52(43)35-38)48-24-10-6-18-40(48)41-19-7-11-25-49(41)58/h3-35H,1-2H3. The maximum absolute atomic E-state index is 2.55. The highest BCUT2D eigenvalue weighted by molar-refractivity contribution is 7.26. The first kappa shape index (κ1) is 33.9. The number of anilines is 3. The van der Waals surface area contributed by atoms with Crippen LogP contribution >= 0.6 is 11.3 Å². The highest BCUT2D eigenvalue weighted by Gasteiger charge is 2.51. The summed E-state index contributed by atoms with van der Waals surface area (Å²) < 4.78 is 2.60. The molecule has 0 atom stereocenters. The monoisotopic (exact) mass is 781 g/mol. The summed E-state index contributed by atoms with van der Waals surface area (Å²) in [6.45, 7) is 4.77. The van der Waals surface area contributed by atoms with Crippen LogP contribution in [0, 0.1) is 0 Å². The van der Waals surface area contributed by atoms with Gasteiger partial charge in [0.05, 0.1) is 15.8 Å². The second-order valence-electron chi connectivity index (χ2n) is 17.2. The highest BCUT2D eigenvalue weighted by atomic mass is 32.1. The minimum atomic E-state index is -0.435. The van der Waals surface area contributed by atoms with E-state index in [4.69, 9.17) is 0 Å². The van der Waals surface area contributed by atoms with E-state index in [0.29, 0.717) is 0 Å². The summed E-state index contributed by atoms with van der Waals surface area (Å²) in [5, 5.41) is 2.60. The van der Waals surface area contributed by atoms with Crippen LogP contribution in [0.5, 0.6) is 0 Å². The van der Waals surface area contributed by atoms with Gasteiger partial charge in [0.1, 0.15) is 0 Å². The van der Waals surface area contributed by atoms with Crippen molar-refractivity contribution in [1.29, 1.82) is 0 Å². The number of benzene rings is 9. The van der Waals surface area contributed by atoms with Crippen LogP contribution in [0.2, 0.25) is 0 Å². The summed E-state index contributed by atoms with van der Waals surface area (Å²) in [4.78, 5) is 2.55. The van der Waals surface area contributed by atoms with E-state index in [2.05, 4.69) is 219 Å². The Balaban J connectivity index is 1.10. The number of rotatable bonds is 4. The van der Waals surface area contributed by atoms with Gasteiger partial charge < -0.3 is 4.90 Å². The molecule has 2 heteroatoms. The molecule has 0 unspecified atom stereocenters. The van der Waals surface area contributed by atoms with E-state index in [1.807, 2.05) is 11.3 Å². The zero-order valence-electron chi connectivity index (χ0n) is 33.4. The molecule has 0 radical (unpaired) electrons. The first-order valence-corrected chi connectivity index (χ1v) is 21.8. The minimum absolute atomic E-state index is 0.140. The molecule has 0 fully saturated rings. The lowest BCUT2D eigenvalue weighted by molar-refractivity contribution is 0.660. The van der Waals surface area contributed by atoms with Crippen molar-refractivity contribution < 1.29 is 0 Å². The zero-order valence-corrected chi connectivity index (χ0v) is 34.2. The molecule has 0 bridgehead atoms. The normalized spacial score (nSPS) is 14.4. The lowest BCUT2D eigenvalue weighted by Crippen LogP contribution is -2.26. The van der Waals surface area contributed by atoms with Crippen molar-refractivity contribution in [3.8, 4) is 44.5 Å². The molecule has 9 aromatic carbocycles. The van der Waals surface area contributed by atoms with Gasteiger partial charge in [-0.25, -0.2) is 0 Å². The van der Waals surface area contributed by atoms with Crippen molar-refractivity contribution in [3.63, 3.8) is 0 Å². The lowest BCUT2D eigenvalue weighted by Gasteiger charge is -2.32. The van der Waals surface area contributed by atoms with E-state index < -0.39 is 5.41 Å². The number of hydrogen-bond donors (Lipinski definition) is 0. The average molecular weight is 782 g/mol. The molecule has 3 aliphatic carbocycles. The summed E-state index contributed by atoms with van der Waals surface area (Å²) in [6, 6.07) is 75.4. The molecule has 1 heterocycles. The molecule has 1 nitrogen and oxygen atoms in total. The Morgan fingerprint density at radius 1 is 0.383 bits per heavy atom. The molecule has 282 valence electrons. The Kier molecular flexibility index (Phi) is 6.94. The third kappa shape index (κ3) is 4.36. The van der Waals surface area contributed by atoms with Gasteiger partial charge in [-0.2, -0.15) is 0 Å². The van der Waals surface area contributed by atoms with Crippen molar-refractivity contribution in [2.75, 3.05) is 4.90 Å². The summed E-state index contributed by atoms with van der Waals surface area (Å²) in [5.41, 5.74) is 21.5. The molecule has 3 aliphatic rings. The summed E-state index contributed by atoms with van der Waals surface area (Å²) in [5.74, 6) is 0. The molecule has 0 aliphatic heterocycles. The quantitative estimate of drug-likeness (QED) is 0.172. The van der Waals surface area contributed by atoms with E-state index >= 15 is 0 Å². The van der Waals surface area contributed by atoms with Crippen molar-refractivity contribution >= 4 is 48.6 Å². The van der Waals surface area contributed by atoms with Crippen LogP contribution in [0.4, 0.5) is 17.1 Å². The maximum atomic E-state index is 2.55. The van der Waals surface area contributed by atoms with Crippen LogP contribution in [0.25, 0.3) is 64.7 Å². The fraction of sp³-hybridized carbons (Fsp3) is 0.0690. The molecular weight excluding hydrogens is 743 g/mol. The summed E-state index contributed by atoms with van der Waals surface area (Å²) in [6.07, 6.45) is 0. The molecule has 0 saturated carbocycles. The predicted octanol–water partition coefficient (Wildman–Crippen LogP) is 15.8. The van der Waals surface area contributed by atoms with E-state index in [1.165, 1.54) is 104 Å². The molecular formula is C58H39NS. The Morgan fingerprint density at radius 2 is 0.933 bits per heavy atom. The number of hydrogen-bond acceptors (Lipinski definition) is 2. The van der Waals surface area contributed by atoms with Crippen LogP contribution in [-0.4, -0.2) is 0 Å². The van der Waals surface area contributed by atoms with Gasteiger partial charge in [0.15, 0.2) is 0 Å². The summed E-state index contributed by atoms with van der Waals surface area (Å²) >= 11 is 1.89. The Labute approximate surface area is 354 Å². The SMILES string of the molecule is CC1(C)c2ccc(N(c3ccc4c(c3)C3(c5ccccc5-c5ccccc53)c3ccccc3-4)c3cccc4c3sc3ccccc34)cc2-c2c(-c3ccccc3)cccc21. The van der Waals surface area contributed by atoms with Gasteiger partial charge in [-0.15, -0.1) is 11.3 Å². The van der Waals surface area contributed by atoms with Crippen molar-refractivity contribution in [2.45, 2.75) is 24.7 Å². The van der Waals surface area contributed by atoms with Crippen molar-refractivity contribution in [3.05, 3.63) is 234 Å². The third-order valence-electron chi connectivity index (χ3n) is 13.9. The Bertz CT molecular complexity index is 3360. The smallest absolute Gasteiger partial charge is 0.0726 e. The Morgan fingerprint density at radius 3 is 1.67 bits per heavy atom. The first-order valence-electron chi connectivity index (χ1n) is 21.0. The van der Waals surface area contributed by atoms with Gasteiger partial charge in [0.2, 0.25) is 0 Å². The van der Waals surface area contributed by atoms with E-state index in [0.717, 1.165) is 11.4 Å². The molecule has 60 heavy (non-hydrogen) atoms. The highest BCUT2D eigenvalue weighted by Crippen LogP contribution is 2.64. The molecule has 0 N–H and O–H groups in total. The van der Waals surface area contributed by atoms with Gasteiger partial charge >= 0.3 is 0 Å². The number of fused-ring (bicyclic) bond motifs is 16. The second kappa shape index (κ2) is 12.3. The van der Waals surface area contributed by atoms with Crippen LogP contribution in [-0.2, 0) is 10.8 Å². The minimum Gasteiger partial charge on any atom is -0.309 e. The third-order valence-corrected chi connectivity index (χ3v) is 15.1. The van der Waals surface area contributed by atoms with Gasteiger partial charge in [-0.1, -0.05) is 178 Å². The van der Waals surface area contributed by atoms with Crippen LogP contribution < -0.4 is 4.90 Å². The fourth-order valence-corrected chi connectivity index (χ4v) is 12.6. The molecule has 1 spiro atoms. The molecule has 0 amide bonds. The van der Waals surface area contributed by atoms with E-state index in [1.54, 1.807) is 0 Å². The van der Waals surface area contributed by atoms with Gasteiger partial charge in [-0.3, -0.25) is 0 Å². The van der Waals surface area contributed by atoms with Gasteiger partial charge in [0.25, 0.3) is 0 Å². The molecule has 1 aromatic heterocycles. The van der Waals surface area contributed by atoms with Crippen molar-refractivity contribution in [2.24, 2.45) is 0 Å². The second-order valence-corrected chi connectivity index (χ2v) is 18.2. The summed E-state index contributed by atoms with van der Waals surface area (Å²) in [7, 11) is 0. The van der Waals surface area contributed by atoms with Crippen LogP contribution in [0.1, 0.15) is 47.2 Å². The zero-order chi connectivity index (χ0) is 39.7. The van der Waals surface area contributed by atoms with Crippen molar-refractivity contribution in [1.82, 2.24) is 0 Å². The fourth-order valence-electron chi connectivity index (χ4n) is 11.3. The molecule has 10 aromatic rings. The first-order chi connectivity index (χ1) is 29.5. The molecule has 0 saturated heterocycles. The number of nitrogens with zero attached hydrogens (tertiary/aromatic N) is 1. The lowest BCUT2D eigenvalue weighted by atomic mass is 9.70. The van der Waals surface area contributed by atoms with Crippen LogP contribution in [0.15, 0.2) is 200 Å². The average Bonchev–Trinajstić information content (AvgIpc) is 3.99. The van der Waals surface area contributed by atoms with Gasteiger partial charge in [0, 0.05) is 32.3 Å². The molecule has 13 rings (SSSR count). The largest absolute Gasteiger partial charge is 0.309 e. The van der Waals surface area contributed by atoms with E-state index in [9.17, 15) is 0 Å². The predicted molar refractivity (Wildman–Crippen MR) is 253 cm³/mol.